The van der Waals surface area contributed by atoms with Gasteiger partial charge in [0.25, 0.3) is 5.95 Å². The van der Waals surface area contributed by atoms with Gasteiger partial charge >= 0.3 is 5.97 Å². The van der Waals surface area contributed by atoms with E-state index in [-0.39, 0.29) is 19.0 Å². The molecule has 0 fully saturated rings. The van der Waals surface area contributed by atoms with Gasteiger partial charge in [0, 0.05) is 5.56 Å². The van der Waals surface area contributed by atoms with Crippen molar-refractivity contribution in [3.63, 3.8) is 0 Å². The normalized spacial score (nSPS) is 12.5. The number of nitrogens with zero attached hydrogens (tertiary/aromatic N) is 2. The summed E-state index contributed by atoms with van der Waals surface area (Å²) in [7, 11) is 3.01. The summed E-state index contributed by atoms with van der Waals surface area (Å²) in [5, 5.41) is 17.4. The molecule has 0 saturated carbocycles. The molecule has 142 valence electrons. The number of carbonyl (C=O) groups excluding carboxylic acids is 1. The minimum atomic E-state index is -0.867. The maximum atomic E-state index is 11.9. The number of rotatable bonds is 9. The average Bonchev–Trinajstić information content (AvgIpc) is 2.62. The zero-order valence-electron chi connectivity index (χ0n) is 15.2. The van der Waals surface area contributed by atoms with Gasteiger partial charge in [0.2, 0.25) is 0 Å². The molecule has 3 N–H and O–H groups in total. The van der Waals surface area contributed by atoms with Crippen LogP contribution in [0.15, 0.2) is 39.9 Å². The third-order valence-electron chi connectivity index (χ3n) is 3.03. The van der Waals surface area contributed by atoms with Crippen molar-refractivity contribution in [1.82, 2.24) is 0 Å². The van der Waals surface area contributed by atoms with Crippen LogP contribution in [0, 0.1) is 0 Å². The lowest BCUT2D eigenvalue weighted by molar-refractivity contribution is -0.138. The maximum absolute atomic E-state index is 11.9. The lowest BCUT2D eigenvalue weighted by Crippen LogP contribution is -2.25. The number of hydrogen-bond donors (Lipinski definition) is 2. The fraction of sp³-hybridized carbons (Fsp3) is 0.353. The predicted molar refractivity (Wildman–Crippen MR) is 96.7 cm³/mol. The Labute approximate surface area is 151 Å². The number of nitrogens with two attached hydrogens (primary N) is 1. The van der Waals surface area contributed by atoms with Crippen LogP contribution in [0.4, 0.5) is 0 Å². The first-order valence-corrected chi connectivity index (χ1v) is 7.81. The van der Waals surface area contributed by atoms with Crippen LogP contribution in [-0.4, -0.2) is 50.6 Å². The number of ether oxygens (including phenoxy) is 4. The number of esters is 1. The first-order chi connectivity index (χ1) is 12.5. The molecule has 1 rings (SSSR count). The van der Waals surface area contributed by atoms with Crippen LogP contribution >= 0.6 is 0 Å². The Morgan fingerprint density at radius 1 is 1.19 bits per heavy atom. The van der Waals surface area contributed by atoms with E-state index >= 15 is 0 Å². The highest BCUT2D eigenvalue weighted by atomic mass is 16.6. The SMILES string of the molecule is CCOC(=O)C(C(N)=NN=Cc1cccc(OC)c1OC)=C(O)OCC. The molecule has 1 aromatic carbocycles. The van der Waals surface area contributed by atoms with Gasteiger partial charge in [0.1, 0.15) is 0 Å². The van der Waals surface area contributed by atoms with Crippen molar-refractivity contribution in [2.24, 2.45) is 15.9 Å². The van der Waals surface area contributed by atoms with Gasteiger partial charge in [-0.3, -0.25) is 0 Å². The minimum Gasteiger partial charge on any atom is -0.493 e. The molecule has 0 radical (unpaired) electrons. The molecule has 0 saturated heterocycles. The fourth-order valence-electron chi connectivity index (χ4n) is 1.93. The number of aliphatic hydroxyl groups is 1. The topological polar surface area (TPSA) is 125 Å². The largest absolute Gasteiger partial charge is 0.493 e. The van der Waals surface area contributed by atoms with Gasteiger partial charge in [-0.1, -0.05) is 6.07 Å². The number of para-hydroxylation sites is 1. The molecule has 0 aliphatic carbocycles. The summed E-state index contributed by atoms with van der Waals surface area (Å²) in [5.74, 6) is -0.914. The fourth-order valence-corrected chi connectivity index (χ4v) is 1.93. The van der Waals surface area contributed by atoms with Crippen molar-refractivity contribution in [2.75, 3.05) is 27.4 Å². The van der Waals surface area contributed by atoms with Gasteiger partial charge in [-0.05, 0) is 26.0 Å². The van der Waals surface area contributed by atoms with Crippen LogP contribution in [-0.2, 0) is 14.3 Å². The molecular formula is C17H23N3O6. The summed E-state index contributed by atoms with van der Waals surface area (Å²) in [4.78, 5) is 11.9. The van der Waals surface area contributed by atoms with E-state index < -0.39 is 17.5 Å². The molecule has 0 aromatic heterocycles. The second kappa shape index (κ2) is 10.6. The number of carbonyl (C=O) groups is 1. The number of amidine groups is 1. The first kappa shape index (κ1) is 20.8. The molecule has 0 aliphatic heterocycles. The Bertz CT molecular complexity index is 712. The Morgan fingerprint density at radius 3 is 2.46 bits per heavy atom. The summed E-state index contributed by atoms with van der Waals surface area (Å²) in [6, 6.07) is 5.21. The second-order valence-electron chi connectivity index (χ2n) is 4.65. The zero-order valence-corrected chi connectivity index (χ0v) is 15.2. The van der Waals surface area contributed by atoms with E-state index in [0.717, 1.165) is 0 Å². The van der Waals surface area contributed by atoms with Gasteiger partial charge in [0.05, 0.1) is 33.6 Å². The maximum Gasteiger partial charge on any atom is 0.349 e. The average molecular weight is 365 g/mol. The van der Waals surface area contributed by atoms with Crippen molar-refractivity contribution in [1.29, 1.82) is 0 Å². The highest BCUT2D eigenvalue weighted by Gasteiger charge is 2.22. The number of methoxy groups -OCH3 is 2. The molecule has 0 atom stereocenters. The third kappa shape index (κ3) is 5.40. The van der Waals surface area contributed by atoms with Crippen molar-refractivity contribution >= 4 is 18.0 Å². The molecule has 0 unspecified atom stereocenters. The molecule has 0 spiro atoms. The summed E-state index contributed by atoms with van der Waals surface area (Å²) >= 11 is 0. The van der Waals surface area contributed by atoms with E-state index in [2.05, 4.69) is 10.2 Å². The molecule has 9 heteroatoms. The van der Waals surface area contributed by atoms with Crippen molar-refractivity contribution in [3.05, 3.63) is 35.3 Å². The van der Waals surface area contributed by atoms with Gasteiger partial charge < -0.3 is 29.8 Å². The van der Waals surface area contributed by atoms with Crippen LogP contribution in [0.25, 0.3) is 0 Å². The van der Waals surface area contributed by atoms with E-state index in [0.29, 0.717) is 17.1 Å². The van der Waals surface area contributed by atoms with E-state index in [1.165, 1.54) is 20.4 Å². The Morgan fingerprint density at radius 2 is 1.88 bits per heavy atom. The standard InChI is InChI=1S/C17H23N3O6/c1-5-25-16(21)13(17(22)26-6-2)15(18)20-19-10-11-8-7-9-12(23-3)14(11)24-4/h7-10,21H,5-6H2,1-4H3,(H2,18,20). The third-order valence-corrected chi connectivity index (χ3v) is 3.03. The van der Waals surface area contributed by atoms with E-state index in [1.807, 2.05) is 0 Å². The number of hydrogen-bond acceptors (Lipinski definition) is 8. The van der Waals surface area contributed by atoms with Crippen LogP contribution in [0.3, 0.4) is 0 Å². The Hall–Kier alpha value is -3.23. The number of benzene rings is 1. The lowest BCUT2D eigenvalue weighted by Gasteiger charge is -2.09. The Balaban J connectivity index is 3.16. The van der Waals surface area contributed by atoms with Gasteiger partial charge in [-0.2, -0.15) is 5.10 Å². The van der Waals surface area contributed by atoms with Crippen LogP contribution in [0.1, 0.15) is 19.4 Å². The minimum absolute atomic E-state index is 0.0965. The molecule has 9 nitrogen and oxygen atoms in total. The monoisotopic (exact) mass is 365 g/mol. The molecule has 0 aliphatic rings. The molecule has 0 heterocycles. The highest BCUT2D eigenvalue weighted by Crippen LogP contribution is 2.29. The van der Waals surface area contributed by atoms with E-state index in [4.69, 9.17) is 24.7 Å². The van der Waals surface area contributed by atoms with Crippen molar-refractivity contribution in [3.8, 4) is 11.5 Å². The molecule has 0 bridgehead atoms. The van der Waals surface area contributed by atoms with Crippen molar-refractivity contribution < 1.29 is 28.8 Å². The predicted octanol–water partition coefficient (Wildman–Crippen LogP) is 1.76. The van der Waals surface area contributed by atoms with Gasteiger partial charge in [0.15, 0.2) is 22.9 Å². The van der Waals surface area contributed by atoms with Crippen molar-refractivity contribution in [2.45, 2.75) is 13.8 Å². The smallest absolute Gasteiger partial charge is 0.349 e. The summed E-state index contributed by atoms with van der Waals surface area (Å²) in [5.41, 5.74) is 5.94. The summed E-state index contributed by atoms with van der Waals surface area (Å²) in [6.07, 6.45) is 1.37. The van der Waals surface area contributed by atoms with Gasteiger partial charge in [-0.15, -0.1) is 5.10 Å². The van der Waals surface area contributed by atoms with E-state index in [9.17, 15) is 9.90 Å². The van der Waals surface area contributed by atoms with Crippen LogP contribution < -0.4 is 15.2 Å². The molecule has 26 heavy (non-hydrogen) atoms. The second-order valence-corrected chi connectivity index (χ2v) is 4.65. The Kier molecular flexibility index (Phi) is 8.48. The summed E-state index contributed by atoms with van der Waals surface area (Å²) < 4.78 is 20.2. The van der Waals surface area contributed by atoms with Crippen LogP contribution in [0.5, 0.6) is 11.5 Å². The quantitative estimate of drug-likeness (QED) is 0.171. The van der Waals surface area contributed by atoms with E-state index in [1.54, 1.807) is 32.0 Å². The molecule has 1 aromatic rings. The molecular weight excluding hydrogens is 342 g/mol. The van der Waals surface area contributed by atoms with Gasteiger partial charge in [-0.25, -0.2) is 4.79 Å². The first-order valence-electron chi connectivity index (χ1n) is 7.81. The molecule has 0 amide bonds. The lowest BCUT2D eigenvalue weighted by atomic mass is 10.2. The highest BCUT2D eigenvalue weighted by molar-refractivity contribution is 6.18. The zero-order chi connectivity index (χ0) is 19.5. The summed E-state index contributed by atoms with van der Waals surface area (Å²) in [6.45, 7) is 3.49. The number of aliphatic hydroxyl groups excluding tert-OH is 1. The van der Waals surface area contributed by atoms with Crippen LogP contribution in [0.2, 0.25) is 0 Å².